The number of fused-ring (bicyclic) bond motifs is 10. The maximum absolute atomic E-state index is 14.3. The fourth-order valence-electron chi connectivity index (χ4n) is 12.8. The van der Waals surface area contributed by atoms with Gasteiger partial charge in [0.25, 0.3) is 0 Å². The van der Waals surface area contributed by atoms with Gasteiger partial charge >= 0.3 is 11.9 Å². The number of aromatic amines is 2. The second-order valence-corrected chi connectivity index (χ2v) is 17.2. The van der Waals surface area contributed by atoms with Crippen LogP contribution in [0, 0.1) is 23.7 Å². The zero-order chi connectivity index (χ0) is 36.6. The number of nitrogens with zero attached hydrogens (tertiary/aromatic N) is 2. The van der Waals surface area contributed by atoms with Crippen molar-refractivity contribution >= 4 is 33.7 Å². The lowest BCUT2D eigenvalue weighted by molar-refractivity contribution is -0.162. The number of aromatic nitrogens is 2. The van der Waals surface area contributed by atoms with Crippen molar-refractivity contribution in [3.05, 3.63) is 64.5 Å². The predicted octanol–water partition coefficient (Wildman–Crippen LogP) is 5.70. The Kier molecular flexibility index (Phi) is 7.51. The highest BCUT2D eigenvalue weighted by molar-refractivity contribution is 5.93. The second kappa shape index (κ2) is 11.8. The number of hydrogen-bond acceptors (Lipinski definition) is 8. The van der Waals surface area contributed by atoms with Crippen molar-refractivity contribution in [1.29, 1.82) is 0 Å². The first-order valence-corrected chi connectivity index (χ1v) is 19.8. The number of H-pyrrole nitrogens is 2. The van der Waals surface area contributed by atoms with Crippen molar-refractivity contribution in [3.63, 3.8) is 0 Å². The topological polar surface area (TPSA) is 112 Å². The summed E-state index contributed by atoms with van der Waals surface area (Å²) in [6.45, 7) is 7.16. The standard InChI is InChI=1S/C43H52N4O6/c1-7-24-14-23-19-42(41(49)52-6)38-26(12-13-47(20-23)39(24)42)27-15-28(35(50-4)18-33(27)45-38)29-16-31-36(40(48)51-5)34(46(3)21-43(31)22(2)53-43)17-30-25-10-8-9-11-32(25)44-37(29)30/h8-11,15,18,22-24,29,31,34,36,39,44-45H,7,12-14,16-17,19-21H2,1-6H3. The van der Waals surface area contributed by atoms with Crippen LogP contribution >= 0.6 is 0 Å². The van der Waals surface area contributed by atoms with Crippen molar-refractivity contribution in [1.82, 2.24) is 19.8 Å². The maximum atomic E-state index is 14.3. The Morgan fingerprint density at radius 1 is 1.02 bits per heavy atom. The number of esters is 2. The monoisotopic (exact) mass is 720 g/mol. The molecule has 2 aromatic heterocycles. The van der Waals surface area contributed by atoms with Gasteiger partial charge in [0.15, 0.2) is 0 Å². The molecular weight excluding hydrogens is 668 g/mol. The van der Waals surface area contributed by atoms with E-state index in [1.54, 1.807) is 14.2 Å². The number of hydrogen-bond donors (Lipinski definition) is 2. The van der Waals surface area contributed by atoms with Gasteiger partial charge in [-0.15, -0.1) is 0 Å². The molecule has 53 heavy (non-hydrogen) atoms. The molecule has 7 heterocycles. The molecule has 1 spiro atoms. The maximum Gasteiger partial charge on any atom is 0.319 e. The zero-order valence-electron chi connectivity index (χ0n) is 31.8. The van der Waals surface area contributed by atoms with Gasteiger partial charge in [-0.25, -0.2) is 0 Å². The molecule has 4 saturated heterocycles. The van der Waals surface area contributed by atoms with Crippen molar-refractivity contribution in [2.24, 2.45) is 23.7 Å². The lowest BCUT2D eigenvalue weighted by Gasteiger charge is -2.57. The third kappa shape index (κ3) is 4.49. The number of para-hydroxylation sites is 1. The summed E-state index contributed by atoms with van der Waals surface area (Å²) in [5.74, 6) is 0.907. The molecule has 5 aliphatic heterocycles. The van der Waals surface area contributed by atoms with E-state index in [0.717, 1.165) is 78.7 Å². The van der Waals surface area contributed by atoms with E-state index in [0.29, 0.717) is 18.3 Å². The van der Waals surface area contributed by atoms with Crippen LogP contribution in [0.25, 0.3) is 21.8 Å². The SMILES string of the molecule is CCC1CC2CN3CCc4c([nH]c5cc(OC)c(C6CC7C(C(=O)OC)C(Cc8c6[nH]c6ccccc86)N(C)CC76OC6C)cc45)C(C(=O)OC)(C2)C13. The molecule has 0 radical (unpaired) electrons. The lowest BCUT2D eigenvalue weighted by Crippen LogP contribution is -2.67. The summed E-state index contributed by atoms with van der Waals surface area (Å²) in [4.78, 5) is 40.9. The summed E-state index contributed by atoms with van der Waals surface area (Å²) in [7, 11) is 6.96. The van der Waals surface area contributed by atoms with E-state index in [1.165, 1.54) is 35.7 Å². The van der Waals surface area contributed by atoms with Crippen LogP contribution in [-0.2, 0) is 42.1 Å². The van der Waals surface area contributed by atoms with Crippen molar-refractivity contribution in [2.75, 3.05) is 48.0 Å². The molecule has 2 N–H and O–H groups in total. The van der Waals surface area contributed by atoms with Gasteiger partial charge < -0.3 is 28.9 Å². The Morgan fingerprint density at radius 2 is 1.83 bits per heavy atom. The highest BCUT2D eigenvalue weighted by atomic mass is 16.6. The minimum atomic E-state index is -0.734. The molecule has 5 fully saturated rings. The van der Waals surface area contributed by atoms with E-state index in [2.05, 4.69) is 77.1 Å². The molecule has 2 aromatic carbocycles. The Labute approximate surface area is 310 Å². The first kappa shape index (κ1) is 33.7. The minimum Gasteiger partial charge on any atom is -0.496 e. The molecule has 6 bridgehead atoms. The van der Waals surface area contributed by atoms with Gasteiger partial charge in [0.2, 0.25) is 0 Å². The van der Waals surface area contributed by atoms with Gasteiger partial charge in [0.1, 0.15) is 16.8 Å². The van der Waals surface area contributed by atoms with Crippen molar-refractivity contribution in [3.8, 4) is 5.75 Å². The number of epoxide rings is 1. The summed E-state index contributed by atoms with van der Waals surface area (Å²) < 4.78 is 24.2. The largest absolute Gasteiger partial charge is 0.496 e. The normalized spacial score (nSPS) is 37.1. The van der Waals surface area contributed by atoms with E-state index in [1.807, 2.05) is 0 Å². The third-order valence-electron chi connectivity index (χ3n) is 15.0. The second-order valence-electron chi connectivity index (χ2n) is 17.2. The lowest BCUT2D eigenvalue weighted by atomic mass is 9.56. The molecule has 7 aliphatic rings. The van der Waals surface area contributed by atoms with Crippen LogP contribution in [0.2, 0.25) is 0 Å². The summed E-state index contributed by atoms with van der Waals surface area (Å²) in [5, 5.41) is 2.34. The van der Waals surface area contributed by atoms with Crippen LogP contribution in [0.15, 0.2) is 36.4 Å². The first-order valence-electron chi connectivity index (χ1n) is 19.8. The van der Waals surface area contributed by atoms with Crippen molar-refractivity contribution < 1.29 is 28.5 Å². The predicted molar refractivity (Wildman–Crippen MR) is 201 cm³/mol. The summed E-state index contributed by atoms with van der Waals surface area (Å²) in [6, 6.07) is 13.1. The van der Waals surface area contributed by atoms with Crippen LogP contribution in [0.1, 0.15) is 73.5 Å². The highest BCUT2D eigenvalue weighted by Crippen LogP contribution is 2.59. The van der Waals surface area contributed by atoms with Crippen LogP contribution in [0.5, 0.6) is 5.75 Å². The third-order valence-corrected chi connectivity index (χ3v) is 15.0. The fourth-order valence-corrected chi connectivity index (χ4v) is 12.8. The van der Waals surface area contributed by atoms with E-state index in [-0.39, 0.29) is 47.9 Å². The number of likely N-dealkylation sites (N-methyl/N-ethyl adjacent to an activating group) is 1. The quantitative estimate of drug-likeness (QED) is 0.200. The number of nitrogens with one attached hydrogen (secondary N) is 2. The van der Waals surface area contributed by atoms with E-state index < -0.39 is 11.0 Å². The van der Waals surface area contributed by atoms with E-state index >= 15 is 0 Å². The molecule has 11 rings (SSSR count). The smallest absolute Gasteiger partial charge is 0.319 e. The molecule has 2 aliphatic carbocycles. The molecule has 1 saturated carbocycles. The van der Waals surface area contributed by atoms with Crippen LogP contribution < -0.4 is 4.74 Å². The number of carbonyl (C=O) groups is 2. The van der Waals surface area contributed by atoms with Crippen molar-refractivity contribution in [2.45, 2.75) is 87.5 Å². The Balaban J connectivity index is 1.20. The van der Waals surface area contributed by atoms with Gasteiger partial charge in [0, 0.05) is 88.4 Å². The van der Waals surface area contributed by atoms with Crippen LogP contribution in [0.4, 0.5) is 0 Å². The average molecular weight is 721 g/mol. The number of ether oxygens (including phenoxy) is 4. The van der Waals surface area contributed by atoms with Gasteiger partial charge in [-0.05, 0) is 81.2 Å². The Bertz CT molecular complexity index is 2160. The molecular formula is C43H52N4O6. The Hall–Kier alpha value is -3.86. The van der Waals surface area contributed by atoms with Gasteiger partial charge in [-0.3, -0.25) is 19.4 Å². The molecule has 280 valence electrons. The number of carbonyl (C=O) groups excluding carboxylic acids is 2. The van der Waals surface area contributed by atoms with Crippen LogP contribution in [-0.4, -0.2) is 104 Å². The number of rotatable bonds is 5. The van der Waals surface area contributed by atoms with Gasteiger partial charge in [-0.1, -0.05) is 31.5 Å². The molecule has 4 aromatic rings. The van der Waals surface area contributed by atoms with Gasteiger partial charge in [-0.2, -0.15) is 0 Å². The fraction of sp³-hybridized carbons (Fsp3) is 0.581. The van der Waals surface area contributed by atoms with Gasteiger partial charge in [0.05, 0.1) is 33.4 Å². The molecule has 0 amide bonds. The van der Waals surface area contributed by atoms with Crippen LogP contribution in [0.3, 0.4) is 0 Å². The molecule has 11 atom stereocenters. The zero-order valence-corrected chi connectivity index (χ0v) is 31.8. The number of methoxy groups -OCH3 is 3. The highest BCUT2D eigenvalue weighted by Gasteiger charge is 2.67. The minimum absolute atomic E-state index is 0.0238. The summed E-state index contributed by atoms with van der Waals surface area (Å²) in [6.07, 6.45) is 5.35. The first-order chi connectivity index (χ1) is 25.7. The Morgan fingerprint density at radius 3 is 2.57 bits per heavy atom. The van der Waals surface area contributed by atoms with E-state index in [4.69, 9.17) is 18.9 Å². The molecule has 10 nitrogen and oxygen atoms in total. The number of likely N-dealkylation sites (tertiary alicyclic amines) is 1. The average Bonchev–Trinajstić information content (AvgIpc) is 3.50. The summed E-state index contributed by atoms with van der Waals surface area (Å²) in [5.41, 5.74) is 6.71. The number of benzene rings is 2. The number of piperidine rings is 3. The molecule has 11 unspecified atom stereocenters. The summed E-state index contributed by atoms with van der Waals surface area (Å²) >= 11 is 0. The molecule has 10 heteroatoms. The van der Waals surface area contributed by atoms with E-state index in [9.17, 15) is 9.59 Å².